The Kier molecular flexibility index (Phi) is 2.47. The Morgan fingerprint density at radius 3 is 2.82 bits per heavy atom. The second-order valence-corrected chi connectivity index (χ2v) is 2.88. The molecule has 0 aromatic heterocycles. The van der Waals surface area contributed by atoms with Gasteiger partial charge < -0.3 is 5.73 Å². The summed E-state index contributed by atoms with van der Waals surface area (Å²) in [6.45, 7) is 2.04. The van der Waals surface area contributed by atoms with Crippen molar-refractivity contribution in [2.75, 3.05) is 7.05 Å². The quantitative estimate of drug-likeness (QED) is 0.597. The molecule has 2 heteroatoms. The summed E-state index contributed by atoms with van der Waals surface area (Å²) in [5.41, 5.74) is 9.11. The van der Waals surface area contributed by atoms with E-state index in [1.165, 1.54) is 11.3 Å². The maximum atomic E-state index is 5.61. The van der Waals surface area contributed by atoms with Crippen LogP contribution in [-0.4, -0.2) is 12.8 Å². The maximum Gasteiger partial charge on any atom is 0.0276 e. The van der Waals surface area contributed by atoms with Crippen LogP contribution in [0.15, 0.2) is 28.4 Å². The van der Waals surface area contributed by atoms with Crippen LogP contribution in [0.1, 0.15) is 19.8 Å². The van der Waals surface area contributed by atoms with Crippen molar-refractivity contribution in [3.8, 4) is 0 Å². The minimum absolute atomic E-state index is 0.923. The van der Waals surface area contributed by atoms with Crippen molar-refractivity contribution in [2.24, 2.45) is 10.7 Å². The molecule has 0 atom stereocenters. The van der Waals surface area contributed by atoms with Gasteiger partial charge in [0.2, 0.25) is 0 Å². The Balaban J connectivity index is 2.44. The fraction of sp³-hybridized carbons (Fsp3) is 0.444. The van der Waals surface area contributed by atoms with Crippen molar-refractivity contribution >= 4 is 5.71 Å². The van der Waals surface area contributed by atoms with Crippen LogP contribution >= 0.6 is 0 Å². The molecule has 0 heterocycles. The van der Waals surface area contributed by atoms with Crippen molar-refractivity contribution in [1.82, 2.24) is 0 Å². The lowest BCUT2D eigenvalue weighted by atomic mass is 10.1. The van der Waals surface area contributed by atoms with E-state index in [-0.39, 0.29) is 0 Å². The van der Waals surface area contributed by atoms with Crippen LogP contribution in [0, 0.1) is 0 Å². The van der Waals surface area contributed by atoms with Gasteiger partial charge in [0.15, 0.2) is 0 Å². The van der Waals surface area contributed by atoms with Crippen molar-refractivity contribution in [1.29, 1.82) is 0 Å². The molecule has 0 aromatic rings. The average molecular weight is 150 g/mol. The summed E-state index contributed by atoms with van der Waals surface area (Å²) >= 11 is 0. The van der Waals surface area contributed by atoms with Gasteiger partial charge in [-0.05, 0) is 13.0 Å². The van der Waals surface area contributed by atoms with Gasteiger partial charge in [0, 0.05) is 31.3 Å². The number of nitrogens with zero attached hydrogens (tertiary/aromatic N) is 1. The van der Waals surface area contributed by atoms with E-state index in [2.05, 4.69) is 11.1 Å². The van der Waals surface area contributed by atoms with E-state index >= 15 is 0 Å². The standard InChI is InChI=1S/C9H14N2/c1-7(11-2)5-8-3-4-9(10)6-8/h3-4H,5-6,10H2,1-2H3. The van der Waals surface area contributed by atoms with E-state index in [9.17, 15) is 0 Å². The maximum absolute atomic E-state index is 5.61. The summed E-state index contributed by atoms with van der Waals surface area (Å²) in [6, 6.07) is 0. The highest BCUT2D eigenvalue weighted by Gasteiger charge is 2.05. The van der Waals surface area contributed by atoms with Crippen LogP contribution in [0.5, 0.6) is 0 Å². The fourth-order valence-electron chi connectivity index (χ4n) is 1.13. The van der Waals surface area contributed by atoms with Gasteiger partial charge in [-0.1, -0.05) is 11.6 Å². The Morgan fingerprint density at radius 2 is 2.36 bits per heavy atom. The first-order valence-electron chi connectivity index (χ1n) is 3.78. The molecular formula is C9H14N2. The number of hydrogen-bond donors (Lipinski definition) is 1. The van der Waals surface area contributed by atoms with Gasteiger partial charge >= 0.3 is 0 Å². The smallest absolute Gasteiger partial charge is 0.0276 e. The first kappa shape index (κ1) is 8.05. The van der Waals surface area contributed by atoms with Crippen LogP contribution in [0.4, 0.5) is 0 Å². The van der Waals surface area contributed by atoms with Crippen LogP contribution in [0.3, 0.4) is 0 Å². The Labute approximate surface area is 67.5 Å². The zero-order valence-electron chi connectivity index (χ0n) is 7.09. The van der Waals surface area contributed by atoms with E-state index in [1.54, 1.807) is 0 Å². The lowest BCUT2D eigenvalue weighted by molar-refractivity contribution is 1.07. The summed E-state index contributed by atoms with van der Waals surface area (Å²) in [6.07, 6.45) is 5.95. The van der Waals surface area contributed by atoms with Crippen molar-refractivity contribution in [2.45, 2.75) is 19.8 Å². The highest BCUT2D eigenvalue weighted by molar-refractivity contribution is 5.84. The zero-order valence-corrected chi connectivity index (χ0v) is 7.09. The third-order valence-corrected chi connectivity index (χ3v) is 1.83. The fourth-order valence-corrected chi connectivity index (χ4v) is 1.13. The molecule has 0 bridgehead atoms. The first-order chi connectivity index (χ1) is 5.22. The van der Waals surface area contributed by atoms with Crippen LogP contribution in [-0.2, 0) is 0 Å². The Morgan fingerprint density at radius 1 is 1.64 bits per heavy atom. The first-order valence-corrected chi connectivity index (χ1v) is 3.78. The molecule has 0 saturated carbocycles. The van der Waals surface area contributed by atoms with Crippen molar-refractivity contribution in [3.63, 3.8) is 0 Å². The second-order valence-electron chi connectivity index (χ2n) is 2.88. The Hall–Kier alpha value is -1.05. The molecule has 11 heavy (non-hydrogen) atoms. The van der Waals surface area contributed by atoms with Gasteiger partial charge in [-0.25, -0.2) is 0 Å². The van der Waals surface area contributed by atoms with Gasteiger partial charge in [0.25, 0.3) is 0 Å². The SMILES string of the molecule is CN=C(C)CC1=CC=C(N)C1. The summed E-state index contributed by atoms with van der Waals surface area (Å²) in [5, 5.41) is 0. The summed E-state index contributed by atoms with van der Waals surface area (Å²) in [7, 11) is 1.82. The molecule has 60 valence electrons. The molecule has 0 aliphatic heterocycles. The molecule has 0 saturated heterocycles. The van der Waals surface area contributed by atoms with Gasteiger partial charge in [0.05, 0.1) is 0 Å². The van der Waals surface area contributed by atoms with E-state index < -0.39 is 0 Å². The number of nitrogens with two attached hydrogens (primary N) is 1. The molecule has 0 amide bonds. The normalized spacial score (nSPS) is 18.2. The number of rotatable bonds is 2. The van der Waals surface area contributed by atoms with Gasteiger partial charge in [-0.3, -0.25) is 4.99 Å². The predicted octanol–water partition coefficient (Wildman–Crippen LogP) is 1.64. The molecule has 0 fully saturated rings. The molecule has 1 aliphatic rings. The second kappa shape index (κ2) is 3.37. The van der Waals surface area contributed by atoms with E-state index in [4.69, 9.17) is 5.73 Å². The summed E-state index contributed by atoms with van der Waals surface area (Å²) in [4.78, 5) is 4.09. The van der Waals surface area contributed by atoms with Gasteiger partial charge in [0.1, 0.15) is 0 Å². The largest absolute Gasteiger partial charge is 0.402 e. The highest BCUT2D eigenvalue weighted by Crippen LogP contribution is 2.18. The highest BCUT2D eigenvalue weighted by atomic mass is 14.7. The zero-order chi connectivity index (χ0) is 8.27. The molecular weight excluding hydrogens is 136 g/mol. The molecule has 0 aromatic carbocycles. The molecule has 0 radical (unpaired) electrons. The topological polar surface area (TPSA) is 38.4 Å². The monoisotopic (exact) mass is 150 g/mol. The van der Waals surface area contributed by atoms with Crippen molar-refractivity contribution < 1.29 is 0 Å². The molecule has 2 nitrogen and oxygen atoms in total. The summed E-state index contributed by atoms with van der Waals surface area (Å²) in [5.74, 6) is 0. The van der Waals surface area contributed by atoms with E-state index in [0.717, 1.165) is 18.5 Å². The summed E-state index contributed by atoms with van der Waals surface area (Å²) < 4.78 is 0. The van der Waals surface area contributed by atoms with E-state index in [1.807, 2.05) is 20.0 Å². The molecule has 0 unspecified atom stereocenters. The minimum atomic E-state index is 0.923. The number of aliphatic imine (C=N–C) groups is 1. The van der Waals surface area contributed by atoms with Gasteiger partial charge in [-0.2, -0.15) is 0 Å². The predicted molar refractivity (Wildman–Crippen MR) is 48.6 cm³/mol. The third-order valence-electron chi connectivity index (χ3n) is 1.83. The molecule has 2 N–H and O–H groups in total. The molecule has 0 spiro atoms. The number of hydrogen-bond acceptors (Lipinski definition) is 2. The lowest BCUT2D eigenvalue weighted by Gasteiger charge is -2.00. The van der Waals surface area contributed by atoms with Crippen LogP contribution in [0.25, 0.3) is 0 Å². The van der Waals surface area contributed by atoms with Crippen LogP contribution < -0.4 is 5.73 Å². The number of allylic oxidation sites excluding steroid dienone is 3. The minimum Gasteiger partial charge on any atom is -0.402 e. The van der Waals surface area contributed by atoms with Gasteiger partial charge in [-0.15, -0.1) is 0 Å². The average Bonchev–Trinajstić information content (AvgIpc) is 2.35. The lowest BCUT2D eigenvalue weighted by Crippen LogP contribution is -1.97. The van der Waals surface area contributed by atoms with Crippen LogP contribution in [0.2, 0.25) is 0 Å². The molecule has 1 aliphatic carbocycles. The van der Waals surface area contributed by atoms with E-state index in [0.29, 0.717) is 0 Å². The van der Waals surface area contributed by atoms with Crippen molar-refractivity contribution in [3.05, 3.63) is 23.4 Å². The molecule has 1 rings (SSSR count). The third kappa shape index (κ3) is 2.22. The Bertz CT molecular complexity index is 234.